The quantitative estimate of drug-likeness (QED) is 0.827. The molecular weight excluding hydrogens is 264 g/mol. The monoisotopic (exact) mass is 286 g/mol. The average Bonchev–Trinajstić information content (AvgIpc) is 2.45. The molecule has 0 saturated heterocycles. The smallest absolute Gasteiger partial charge is 0.229 e. The van der Waals surface area contributed by atoms with Gasteiger partial charge >= 0.3 is 0 Å². The standard InChI is InChI=1S/C16H22N4O/c1-4-21-15-8-9-18-16(19-15)20(12(2)3)11-13-6-5-7-14(17)10-13/h5-10,12H,4,11,17H2,1-3H3. The molecule has 1 aromatic carbocycles. The normalized spacial score (nSPS) is 10.7. The third-order valence-corrected chi connectivity index (χ3v) is 3.09. The average molecular weight is 286 g/mol. The van der Waals surface area contributed by atoms with Crippen LogP contribution in [0.1, 0.15) is 26.3 Å². The van der Waals surface area contributed by atoms with Crippen molar-refractivity contribution >= 4 is 11.6 Å². The highest BCUT2D eigenvalue weighted by Crippen LogP contribution is 2.19. The summed E-state index contributed by atoms with van der Waals surface area (Å²) in [4.78, 5) is 11.0. The second-order valence-electron chi connectivity index (χ2n) is 5.09. The van der Waals surface area contributed by atoms with E-state index in [0.717, 1.165) is 11.3 Å². The summed E-state index contributed by atoms with van der Waals surface area (Å²) < 4.78 is 5.45. The Morgan fingerprint density at radius 1 is 1.29 bits per heavy atom. The van der Waals surface area contributed by atoms with E-state index in [1.807, 2.05) is 25.1 Å². The lowest BCUT2D eigenvalue weighted by Gasteiger charge is -2.27. The maximum atomic E-state index is 5.84. The first-order chi connectivity index (χ1) is 10.1. The van der Waals surface area contributed by atoms with Crippen molar-refractivity contribution in [3.63, 3.8) is 0 Å². The molecule has 0 spiro atoms. The number of nitrogens with zero attached hydrogens (tertiary/aromatic N) is 3. The maximum Gasteiger partial charge on any atom is 0.229 e. The van der Waals surface area contributed by atoms with Gasteiger partial charge in [0.05, 0.1) is 6.61 Å². The van der Waals surface area contributed by atoms with Crippen molar-refractivity contribution < 1.29 is 4.74 Å². The van der Waals surface area contributed by atoms with E-state index in [4.69, 9.17) is 10.5 Å². The molecule has 0 unspecified atom stereocenters. The van der Waals surface area contributed by atoms with Crippen molar-refractivity contribution in [3.05, 3.63) is 42.1 Å². The summed E-state index contributed by atoms with van der Waals surface area (Å²) >= 11 is 0. The molecule has 0 atom stereocenters. The Hall–Kier alpha value is -2.30. The van der Waals surface area contributed by atoms with Crippen LogP contribution in [-0.2, 0) is 6.54 Å². The Balaban J connectivity index is 2.24. The lowest BCUT2D eigenvalue weighted by molar-refractivity contribution is 0.326. The fourth-order valence-corrected chi connectivity index (χ4v) is 2.07. The molecule has 0 aliphatic carbocycles. The zero-order valence-corrected chi connectivity index (χ0v) is 12.8. The number of nitrogens with two attached hydrogens (primary N) is 1. The van der Waals surface area contributed by atoms with E-state index < -0.39 is 0 Å². The molecule has 0 fully saturated rings. The number of anilines is 2. The number of hydrogen-bond acceptors (Lipinski definition) is 5. The van der Waals surface area contributed by atoms with Crippen LogP contribution in [0.5, 0.6) is 5.88 Å². The maximum absolute atomic E-state index is 5.84. The first-order valence-electron chi connectivity index (χ1n) is 7.17. The summed E-state index contributed by atoms with van der Waals surface area (Å²) in [5.41, 5.74) is 7.74. The van der Waals surface area contributed by atoms with Crippen LogP contribution in [0.4, 0.5) is 11.6 Å². The zero-order chi connectivity index (χ0) is 15.2. The number of ether oxygens (including phenoxy) is 1. The van der Waals surface area contributed by atoms with Gasteiger partial charge in [0.2, 0.25) is 11.8 Å². The summed E-state index contributed by atoms with van der Waals surface area (Å²) in [6.45, 7) is 7.46. The van der Waals surface area contributed by atoms with Gasteiger partial charge in [-0.2, -0.15) is 4.98 Å². The number of benzene rings is 1. The molecule has 1 aromatic heterocycles. The van der Waals surface area contributed by atoms with Crippen LogP contribution in [0.15, 0.2) is 36.5 Å². The minimum absolute atomic E-state index is 0.267. The van der Waals surface area contributed by atoms with Crippen LogP contribution in [-0.4, -0.2) is 22.6 Å². The third-order valence-electron chi connectivity index (χ3n) is 3.09. The van der Waals surface area contributed by atoms with Gasteiger partial charge in [-0.05, 0) is 38.5 Å². The highest BCUT2D eigenvalue weighted by Gasteiger charge is 2.15. The van der Waals surface area contributed by atoms with Gasteiger partial charge in [-0.25, -0.2) is 4.98 Å². The van der Waals surface area contributed by atoms with Crippen LogP contribution in [0, 0.1) is 0 Å². The van der Waals surface area contributed by atoms with Crippen LogP contribution in [0.25, 0.3) is 0 Å². The largest absolute Gasteiger partial charge is 0.478 e. The van der Waals surface area contributed by atoms with Crippen molar-refractivity contribution in [2.24, 2.45) is 0 Å². The second-order valence-corrected chi connectivity index (χ2v) is 5.09. The topological polar surface area (TPSA) is 64.3 Å². The first-order valence-corrected chi connectivity index (χ1v) is 7.17. The molecule has 5 nitrogen and oxygen atoms in total. The minimum Gasteiger partial charge on any atom is -0.478 e. The summed E-state index contributed by atoms with van der Waals surface area (Å²) in [6.07, 6.45) is 1.72. The van der Waals surface area contributed by atoms with E-state index in [-0.39, 0.29) is 6.04 Å². The van der Waals surface area contributed by atoms with Gasteiger partial charge in [0.15, 0.2) is 0 Å². The lowest BCUT2D eigenvalue weighted by Crippen LogP contribution is -2.31. The van der Waals surface area contributed by atoms with Crippen molar-refractivity contribution in [1.82, 2.24) is 9.97 Å². The highest BCUT2D eigenvalue weighted by atomic mass is 16.5. The van der Waals surface area contributed by atoms with Gasteiger partial charge in [-0.1, -0.05) is 12.1 Å². The fraction of sp³-hybridized carbons (Fsp3) is 0.375. The number of aromatic nitrogens is 2. The van der Waals surface area contributed by atoms with E-state index >= 15 is 0 Å². The van der Waals surface area contributed by atoms with Crippen LogP contribution < -0.4 is 15.4 Å². The number of nitrogen functional groups attached to an aromatic ring is 1. The fourth-order valence-electron chi connectivity index (χ4n) is 2.07. The summed E-state index contributed by atoms with van der Waals surface area (Å²) in [6, 6.07) is 9.91. The molecule has 2 rings (SSSR count). The molecule has 0 aliphatic heterocycles. The van der Waals surface area contributed by atoms with E-state index in [1.165, 1.54) is 0 Å². The predicted molar refractivity (Wildman–Crippen MR) is 85.4 cm³/mol. The van der Waals surface area contributed by atoms with Gasteiger partial charge in [-0.15, -0.1) is 0 Å². The molecule has 0 saturated carbocycles. The Morgan fingerprint density at radius 3 is 2.76 bits per heavy atom. The van der Waals surface area contributed by atoms with Crippen molar-refractivity contribution in [2.45, 2.75) is 33.4 Å². The molecule has 1 heterocycles. The summed E-state index contributed by atoms with van der Waals surface area (Å²) in [7, 11) is 0. The van der Waals surface area contributed by atoms with Gasteiger partial charge in [0, 0.05) is 30.5 Å². The molecule has 0 amide bonds. The lowest BCUT2D eigenvalue weighted by atomic mass is 10.2. The Bertz CT molecular complexity index is 586. The van der Waals surface area contributed by atoms with Crippen molar-refractivity contribution in [3.8, 4) is 5.88 Å². The summed E-state index contributed by atoms with van der Waals surface area (Å²) in [5, 5.41) is 0. The van der Waals surface area contributed by atoms with E-state index in [1.54, 1.807) is 12.3 Å². The molecule has 21 heavy (non-hydrogen) atoms. The van der Waals surface area contributed by atoms with Gasteiger partial charge in [-0.3, -0.25) is 0 Å². The zero-order valence-electron chi connectivity index (χ0n) is 12.8. The van der Waals surface area contributed by atoms with E-state index in [2.05, 4.69) is 34.8 Å². The molecule has 2 N–H and O–H groups in total. The molecule has 5 heteroatoms. The highest BCUT2D eigenvalue weighted by molar-refractivity contribution is 5.43. The Kier molecular flexibility index (Phi) is 4.98. The number of hydrogen-bond donors (Lipinski definition) is 1. The molecule has 0 radical (unpaired) electrons. The van der Waals surface area contributed by atoms with Crippen LogP contribution in [0.2, 0.25) is 0 Å². The van der Waals surface area contributed by atoms with Gasteiger partial charge in [0.25, 0.3) is 0 Å². The van der Waals surface area contributed by atoms with Crippen LogP contribution in [0.3, 0.4) is 0 Å². The minimum atomic E-state index is 0.267. The van der Waals surface area contributed by atoms with Gasteiger partial charge in [0.1, 0.15) is 0 Å². The Labute approximate surface area is 125 Å². The molecule has 0 aliphatic rings. The number of rotatable bonds is 6. The Morgan fingerprint density at radius 2 is 2.10 bits per heavy atom. The van der Waals surface area contributed by atoms with Crippen molar-refractivity contribution in [2.75, 3.05) is 17.2 Å². The van der Waals surface area contributed by atoms with E-state index in [9.17, 15) is 0 Å². The second kappa shape index (κ2) is 6.92. The van der Waals surface area contributed by atoms with Crippen LogP contribution >= 0.6 is 0 Å². The first kappa shape index (κ1) is 15.1. The molecular formula is C16H22N4O. The summed E-state index contributed by atoms with van der Waals surface area (Å²) in [5.74, 6) is 1.26. The molecule has 0 bridgehead atoms. The SMILES string of the molecule is CCOc1ccnc(N(Cc2cccc(N)c2)C(C)C)n1. The molecule has 112 valence electrons. The molecule has 2 aromatic rings. The van der Waals surface area contributed by atoms with E-state index in [0.29, 0.717) is 25.0 Å². The van der Waals surface area contributed by atoms with Gasteiger partial charge < -0.3 is 15.4 Å². The third kappa shape index (κ3) is 4.08. The predicted octanol–water partition coefficient (Wildman–Crippen LogP) is 2.87. The van der Waals surface area contributed by atoms with Crippen molar-refractivity contribution in [1.29, 1.82) is 0 Å².